The van der Waals surface area contributed by atoms with E-state index in [1.165, 1.54) is 11.1 Å². The molecular weight excluding hydrogens is 358 g/mol. The minimum Gasteiger partial charge on any atom is -0.452 e. The molecule has 3 aromatic rings. The summed E-state index contributed by atoms with van der Waals surface area (Å²) in [6, 6.07) is 17.7. The van der Waals surface area contributed by atoms with Crippen LogP contribution in [0.15, 0.2) is 70.6 Å². The quantitative estimate of drug-likeness (QED) is 0.709. The Morgan fingerprint density at radius 1 is 1.07 bits per heavy atom. The van der Waals surface area contributed by atoms with Gasteiger partial charge >= 0.3 is 5.97 Å². The van der Waals surface area contributed by atoms with E-state index in [9.17, 15) is 14.4 Å². The van der Waals surface area contributed by atoms with E-state index >= 15 is 0 Å². The van der Waals surface area contributed by atoms with E-state index < -0.39 is 24.0 Å². The van der Waals surface area contributed by atoms with Gasteiger partial charge in [0.15, 0.2) is 6.61 Å². The number of H-pyrrole nitrogens is 1. The lowest BCUT2D eigenvalue weighted by Crippen LogP contribution is -2.29. The van der Waals surface area contributed by atoms with Crippen LogP contribution < -0.4 is 5.56 Å². The average molecular weight is 375 g/mol. The smallest absolute Gasteiger partial charge is 0.339 e. The predicted molar refractivity (Wildman–Crippen MR) is 104 cm³/mol. The van der Waals surface area contributed by atoms with Gasteiger partial charge < -0.3 is 9.72 Å². The van der Waals surface area contributed by atoms with Crippen molar-refractivity contribution in [2.75, 3.05) is 13.2 Å². The van der Waals surface area contributed by atoms with Gasteiger partial charge in [0.2, 0.25) is 5.56 Å². The van der Waals surface area contributed by atoms with Crippen molar-refractivity contribution in [2.45, 2.75) is 6.42 Å². The molecule has 0 bridgehead atoms. The van der Waals surface area contributed by atoms with Crippen molar-refractivity contribution in [2.24, 2.45) is 5.10 Å². The molecule has 0 fully saturated rings. The molecule has 2 aromatic carbocycles. The molecule has 28 heavy (non-hydrogen) atoms. The molecule has 1 N–H and O–H groups in total. The number of nitrogens with zero attached hydrogens (tertiary/aromatic N) is 2. The first-order chi connectivity index (χ1) is 13.6. The van der Waals surface area contributed by atoms with Crippen LogP contribution in [0.4, 0.5) is 0 Å². The van der Waals surface area contributed by atoms with Crippen molar-refractivity contribution in [1.29, 1.82) is 0 Å². The Hall–Kier alpha value is -3.74. The molecule has 0 spiro atoms. The zero-order chi connectivity index (χ0) is 19.5. The lowest BCUT2D eigenvalue weighted by molar-refractivity contribution is -0.134. The van der Waals surface area contributed by atoms with E-state index in [0.717, 1.165) is 11.3 Å². The first-order valence-electron chi connectivity index (χ1n) is 8.84. The molecule has 0 radical (unpaired) electrons. The Labute approximate surface area is 160 Å². The van der Waals surface area contributed by atoms with Gasteiger partial charge in [-0.15, -0.1) is 0 Å². The fourth-order valence-electron chi connectivity index (χ4n) is 3.12. The number of benzene rings is 2. The fourth-order valence-corrected chi connectivity index (χ4v) is 3.12. The predicted octanol–water partition coefficient (Wildman–Crippen LogP) is 2.32. The molecule has 0 saturated carbocycles. The lowest BCUT2D eigenvalue weighted by atomic mass is 10.1. The molecule has 0 aliphatic carbocycles. The number of carbonyl (C=O) groups excluding carboxylic acids is 2. The number of fused-ring (bicyclic) bond motifs is 1. The largest absolute Gasteiger partial charge is 0.452 e. The third-order valence-electron chi connectivity index (χ3n) is 4.49. The molecule has 4 rings (SSSR count). The second-order valence-corrected chi connectivity index (χ2v) is 6.35. The molecule has 1 aliphatic heterocycles. The number of esters is 1. The molecule has 1 amide bonds. The van der Waals surface area contributed by atoms with E-state index in [4.69, 9.17) is 4.74 Å². The molecule has 7 nitrogen and oxygen atoms in total. The molecule has 0 saturated heterocycles. The Kier molecular flexibility index (Phi) is 4.72. The summed E-state index contributed by atoms with van der Waals surface area (Å²) in [7, 11) is 0. The minimum absolute atomic E-state index is 0.127. The summed E-state index contributed by atoms with van der Waals surface area (Å²) in [5.74, 6) is -1.13. The zero-order valence-corrected chi connectivity index (χ0v) is 14.9. The van der Waals surface area contributed by atoms with E-state index in [-0.39, 0.29) is 5.56 Å². The van der Waals surface area contributed by atoms with Gasteiger partial charge in [0.05, 0.1) is 17.8 Å². The van der Waals surface area contributed by atoms with Crippen LogP contribution in [0.1, 0.15) is 22.3 Å². The molecule has 1 aromatic heterocycles. The summed E-state index contributed by atoms with van der Waals surface area (Å²) in [5.41, 5.74) is 2.03. The Morgan fingerprint density at radius 2 is 1.82 bits per heavy atom. The van der Waals surface area contributed by atoms with E-state index in [1.807, 2.05) is 30.3 Å². The van der Waals surface area contributed by atoms with Crippen LogP contribution in [0.5, 0.6) is 0 Å². The number of rotatable bonds is 4. The van der Waals surface area contributed by atoms with Crippen molar-refractivity contribution in [3.63, 3.8) is 0 Å². The zero-order valence-electron chi connectivity index (χ0n) is 14.9. The summed E-state index contributed by atoms with van der Waals surface area (Å²) in [6.45, 7) is 0.0000756. The number of amides is 1. The van der Waals surface area contributed by atoms with Gasteiger partial charge in [0, 0.05) is 23.4 Å². The van der Waals surface area contributed by atoms with E-state index in [2.05, 4.69) is 10.1 Å². The van der Waals surface area contributed by atoms with Crippen molar-refractivity contribution >= 4 is 28.5 Å². The molecule has 7 heteroatoms. The third kappa shape index (κ3) is 3.55. The fraction of sp³-hybridized carbons (Fsp3) is 0.143. The molecule has 140 valence electrons. The molecule has 0 atom stereocenters. The molecule has 0 unspecified atom stereocenters. The number of nitrogens with one attached hydrogen (secondary N) is 1. The van der Waals surface area contributed by atoms with Crippen molar-refractivity contribution in [1.82, 2.24) is 9.99 Å². The van der Waals surface area contributed by atoms with Gasteiger partial charge in [0.1, 0.15) is 0 Å². The standard InChI is InChI=1S/C21H17N3O4/c25-19-12-16(15-8-4-5-9-18(15)22-19)21(27)28-13-20(26)24-11-10-17(23-24)14-6-2-1-3-7-14/h1-9,12H,10-11,13H2,(H,22,25). The number of pyridine rings is 1. The number of aromatic amines is 1. The highest BCUT2D eigenvalue weighted by molar-refractivity contribution is 6.04. The molecule has 2 heterocycles. The molecule has 1 aliphatic rings. The highest BCUT2D eigenvalue weighted by Crippen LogP contribution is 2.16. The summed E-state index contributed by atoms with van der Waals surface area (Å²) in [5, 5.41) is 6.20. The second kappa shape index (κ2) is 7.48. The Bertz CT molecular complexity index is 1140. The average Bonchev–Trinajstić information content (AvgIpc) is 3.22. The SMILES string of the molecule is O=C(OCC(=O)N1CCC(c2ccccc2)=N1)c1cc(=O)[nH]c2ccccc12. The first-order valence-corrected chi connectivity index (χ1v) is 8.84. The van der Waals surface area contributed by atoms with Gasteiger partial charge in [-0.3, -0.25) is 9.59 Å². The van der Waals surface area contributed by atoms with Crippen LogP contribution >= 0.6 is 0 Å². The van der Waals surface area contributed by atoms with Crippen molar-refractivity contribution in [3.8, 4) is 0 Å². The van der Waals surface area contributed by atoms with Gasteiger partial charge in [-0.2, -0.15) is 5.10 Å². The molecular formula is C21H17N3O4. The van der Waals surface area contributed by atoms with Crippen molar-refractivity contribution in [3.05, 3.63) is 82.1 Å². The highest BCUT2D eigenvalue weighted by Gasteiger charge is 2.23. The summed E-state index contributed by atoms with van der Waals surface area (Å²) < 4.78 is 5.15. The third-order valence-corrected chi connectivity index (χ3v) is 4.49. The van der Waals surface area contributed by atoms with Gasteiger partial charge in [-0.1, -0.05) is 48.5 Å². The van der Waals surface area contributed by atoms with E-state index in [0.29, 0.717) is 23.9 Å². The van der Waals surface area contributed by atoms with Crippen LogP contribution in [0.3, 0.4) is 0 Å². The van der Waals surface area contributed by atoms with Gasteiger partial charge in [-0.05, 0) is 11.6 Å². The van der Waals surface area contributed by atoms with Crippen molar-refractivity contribution < 1.29 is 14.3 Å². The number of hydrogen-bond donors (Lipinski definition) is 1. The number of aromatic nitrogens is 1. The van der Waals surface area contributed by atoms with Crippen LogP contribution in [0.2, 0.25) is 0 Å². The number of hydrogen-bond acceptors (Lipinski definition) is 5. The van der Waals surface area contributed by atoms with Crippen LogP contribution in [0, 0.1) is 0 Å². The van der Waals surface area contributed by atoms with Crippen LogP contribution in [-0.4, -0.2) is 40.7 Å². The highest BCUT2D eigenvalue weighted by atomic mass is 16.5. The maximum Gasteiger partial charge on any atom is 0.339 e. The normalized spacial score (nSPS) is 13.4. The van der Waals surface area contributed by atoms with Gasteiger partial charge in [0.25, 0.3) is 5.91 Å². The minimum atomic E-state index is -0.720. The number of para-hydroxylation sites is 1. The van der Waals surface area contributed by atoms with Crippen LogP contribution in [-0.2, 0) is 9.53 Å². The number of ether oxygens (including phenoxy) is 1. The monoisotopic (exact) mass is 375 g/mol. The summed E-state index contributed by atoms with van der Waals surface area (Å²) >= 11 is 0. The summed E-state index contributed by atoms with van der Waals surface area (Å²) in [6.07, 6.45) is 0.641. The first kappa shape index (κ1) is 17.7. The Balaban J connectivity index is 1.45. The van der Waals surface area contributed by atoms with Gasteiger partial charge in [-0.25, -0.2) is 9.80 Å². The lowest BCUT2D eigenvalue weighted by Gasteiger charge is -2.12. The number of carbonyl (C=O) groups is 2. The Morgan fingerprint density at radius 3 is 2.64 bits per heavy atom. The van der Waals surface area contributed by atoms with Crippen LogP contribution in [0.25, 0.3) is 10.9 Å². The second-order valence-electron chi connectivity index (χ2n) is 6.35. The topological polar surface area (TPSA) is 91.8 Å². The summed E-state index contributed by atoms with van der Waals surface area (Å²) in [4.78, 5) is 39.2. The number of hydrazone groups is 1. The van der Waals surface area contributed by atoms with E-state index in [1.54, 1.807) is 24.3 Å². The maximum atomic E-state index is 12.4. The maximum absolute atomic E-state index is 12.4.